The van der Waals surface area contributed by atoms with E-state index in [2.05, 4.69) is 5.32 Å². The van der Waals surface area contributed by atoms with Crippen LogP contribution in [-0.4, -0.2) is 24.9 Å². The van der Waals surface area contributed by atoms with Gasteiger partial charge in [-0.3, -0.25) is 9.59 Å². The second-order valence-electron chi connectivity index (χ2n) is 7.00. The molecule has 1 aliphatic rings. The van der Waals surface area contributed by atoms with Crippen LogP contribution in [0.2, 0.25) is 5.02 Å². The van der Waals surface area contributed by atoms with Crippen LogP contribution < -0.4 is 14.8 Å². The SMILES string of the molecule is O=C(/C=C/c1cccc(NC(=O)c2ccc(Cl)cc2)c1)c1ccc2c(c1)OCCCO2. The highest BCUT2D eigenvalue weighted by molar-refractivity contribution is 6.30. The first-order valence-electron chi connectivity index (χ1n) is 9.87. The summed E-state index contributed by atoms with van der Waals surface area (Å²) in [5, 5.41) is 3.42. The van der Waals surface area contributed by atoms with E-state index in [1.54, 1.807) is 60.7 Å². The molecule has 156 valence electrons. The maximum Gasteiger partial charge on any atom is 0.255 e. The van der Waals surface area contributed by atoms with Crippen LogP contribution in [0.3, 0.4) is 0 Å². The van der Waals surface area contributed by atoms with Crippen LogP contribution >= 0.6 is 11.6 Å². The van der Waals surface area contributed by atoms with E-state index in [1.807, 2.05) is 12.1 Å². The molecule has 0 spiro atoms. The Hall–Kier alpha value is -3.57. The second-order valence-corrected chi connectivity index (χ2v) is 7.43. The Morgan fingerprint density at radius 1 is 0.871 bits per heavy atom. The molecule has 1 N–H and O–H groups in total. The molecule has 0 aliphatic carbocycles. The van der Waals surface area contributed by atoms with E-state index in [0.29, 0.717) is 46.5 Å². The molecule has 1 heterocycles. The minimum absolute atomic E-state index is 0.147. The van der Waals surface area contributed by atoms with Crippen molar-refractivity contribution < 1.29 is 19.1 Å². The van der Waals surface area contributed by atoms with Gasteiger partial charge in [-0.1, -0.05) is 29.8 Å². The van der Waals surface area contributed by atoms with Crippen LogP contribution in [0.5, 0.6) is 11.5 Å². The third-order valence-electron chi connectivity index (χ3n) is 4.71. The van der Waals surface area contributed by atoms with Crippen molar-refractivity contribution in [1.82, 2.24) is 0 Å². The number of ether oxygens (including phenoxy) is 2. The number of benzene rings is 3. The number of ketones is 1. The monoisotopic (exact) mass is 433 g/mol. The first kappa shape index (κ1) is 20.7. The maximum absolute atomic E-state index is 12.6. The lowest BCUT2D eigenvalue weighted by molar-refractivity contribution is 0.102. The standard InChI is InChI=1S/C25H20ClNO4/c26-20-9-6-18(7-10-20)25(29)27-21-4-1-3-17(15-21)5-11-22(28)19-8-12-23-24(16-19)31-14-2-13-30-23/h1,3-12,15-16H,2,13-14H2,(H,27,29)/b11-5+. The summed E-state index contributed by atoms with van der Waals surface area (Å²) in [4.78, 5) is 25.0. The van der Waals surface area contributed by atoms with Crippen molar-refractivity contribution in [2.45, 2.75) is 6.42 Å². The zero-order valence-corrected chi connectivity index (χ0v) is 17.4. The quantitative estimate of drug-likeness (QED) is 0.417. The number of hydrogen-bond acceptors (Lipinski definition) is 4. The molecule has 0 saturated heterocycles. The lowest BCUT2D eigenvalue weighted by atomic mass is 10.1. The number of nitrogens with one attached hydrogen (secondary N) is 1. The van der Waals surface area contributed by atoms with Gasteiger partial charge in [0.1, 0.15) is 0 Å². The van der Waals surface area contributed by atoms with E-state index in [9.17, 15) is 9.59 Å². The lowest BCUT2D eigenvalue weighted by Crippen LogP contribution is -2.11. The topological polar surface area (TPSA) is 64.6 Å². The molecule has 0 atom stereocenters. The highest BCUT2D eigenvalue weighted by Gasteiger charge is 2.13. The summed E-state index contributed by atoms with van der Waals surface area (Å²) in [6.45, 7) is 1.17. The van der Waals surface area contributed by atoms with Crippen molar-refractivity contribution in [3.05, 3.63) is 94.5 Å². The van der Waals surface area contributed by atoms with Gasteiger partial charge >= 0.3 is 0 Å². The smallest absolute Gasteiger partial charge is 0.255 e. The zero-order valence-electron chi connectivity index (χ0n) is 16.6. The van der Waals surface area contributed by atoms with E-state index < -0.39 is 0 Å². The highest BCUT2D eigenvalue weighted by Crippen LogP contribution is 2.30. The van der Waals surface area contributed by atoms with Gasteiger partial charge in [-0.2, -0.15) is 0 Å². The molecule has 1 amide bonds. The van der Waals surface area contributed by atoms with E-state index in [-0.39, 0.29) is 11.7 Å². The van der Waals surface area contributed by atoms with Crippen LogP contribution in [0.15, 0.2) is 72.8 Å². The minimum atomic E-state index is -0.235. The van der Waals surface area contributed by atoms with Gasteiger partial charge in [-0.25, -0.2) is 0 Å². The molecule has 0 saturated carbocycles. The summed E-state index contributed by atoms with van der Waals surface area (Å²) in [7, 11) is 0. The molecular weight excluding hydrogens is 414 g/mol. The summed E-state index contributed by atoms with van der Waals surface area (Å²) in [5.41, 5.74) is 2.45. The summed E-state index contributed by atoms with van der Waals surface area (Å²) in [6.07, 6.45) is 4.02. The molecule has 0 aromatic heterocycles. The van der Waals surface area contributed by atoms with Crippen molar-refractivity contribution in [2.75, 3.05) is 18.5 Å². The summed E-state index contributed by atoms with van der Waals surface area (Å²) >= 11 is 5.86. The van der Waals surface area contributed by atoms with Gasteiger partial charge in [-0.15, -0.1) is 0 Å². The minimum Gasteiger partial charge on any atom is -0.490 e. The number of hydrogen-bond donors (Lipinski definition) is 1. The fourth-order valence-corrected chi connectivity index (χ4v) is 3.24. The maximum atomic E-state index is 12.6. The Morgan fingerprint density at radius 3 is 2.42 bits per heavy atom. The first-order valence-corrected chi connectivity index (χ1v) is 10.3. The Morgan fingerprint density at radius 2 is 1.61 bits per heavy atom. The zero-order chi connectivity index (χ0) is 21.6. The first-order chi connectivity index (χ1) is 15.1. The number of allylic oxidation sites excluding steroid dienone is 1. The molecule has 0 radical (unpaired) electrons. The number of carbonyl (C=O) groups excluding carboxylic acids is 2. The number of carbonyl (C=O) groups is 2. The third-order valence-corrected chi connectivity index (χ3v) is 4.96. The van der Waals surface area contributed by atoms with Crippen LogP contribution in [0.1, 0.15) is 32.7 Å². The van der Waals surface area contributed by atoms with E-state index >= 15 is 0 Å². The number of fused-ring (bicyclic) bond motifs is 1. The number of amides is 1. The lowest BCUT2D eigenvalue weighted by Gasteiger charge is -2.08. The Kier molecular flexibility index (Phi) is 6.34. The van der Waals surface area contributed by atoms with Gasteiger partial charge < -0.3 is 14.8 Å². The predicted octanol–water partition coefficient (Wildman–Crippen LogP) is 5.65. The van der Waals surface area contributed by atoms with Gasteiger partial charge in [0, 0.05) is 28.3 Å². The molecular formula is C25H20ClNO4. The van der Waals surface area contributed by atoms with Gasteiger partial charge in [0.15, 0.2) is 17.3 Å². The van der Waals surface area contributed by atoms with Crippen molar-refractivity contribution >= 4 is 35.1 Å². The normalized spacial score (nSPS) is 12.9. The fraction of sp³-hybridized carbons (Fsp3) is 0.120. The molecule has 6 heteroatoms. The van der Waals surface area contributed by atoms with Gasteiger partial charge in [0.05, 0.1) is 13.2 Å². The number of halogens is 1. The average Bonchev–Trinajstić information content (AvgIpc) is 3.03. The molecule has 1 aliphatic heterocycles. The summed E-state index contributed by atoms with van der Waals surface area (Å²) < 4.78 is 11.2. The fourth-order valence-electron chi connectivity index (χ4n) is 3.11. The number of rotatable bonds is 5. The van der Waals surface area contributed by atoms with Crippen LogP contribution in [0.4, 0.5) is 5.69 Å². The molecule has 3 aromatic rings. The van der Waals surface area contributed by atoms with Gasteiger partial charge in [0.2, 0.25) is 0 Å². The van der Waals surface area contributed by atoms with Crippen molar-refractivity contribution in [3.63, 3.8) is 0 Å². The Balaban J connectivity index is 1.44. The molecule has 0 unspecified atom stereocenters. The molecule has 0 bridgehead atoms. The molecule has 3 aromatic carbocycles. The summed E-state index contributed by atoms with van der Waals surface area (Å²) in [6, 6.07) is 19.1. The van der Waals surface area contributed by atoms with Crippen molar-refractivity contribution in [3.8, 4) is 11.5 Å². The van der Waals surface area contributed by atoms with E-state index in [0.717, 1.165) is 12.0 Å². The molecule has 31 heavy (non-hydrogen) atoms. The molecule has 4 rings (SSSR count). The van der Waals surface area contributed by atoms with E-state index in [4.69, 9.17) is 21.1 Å². The van der Waals surface area contributed by atoms with Crippen molar-refractivity contribution in [2.24, 2.45) is 0 Å². The average molecular weight is 434 g/mol. The van der Waals surface area contributed by atoms with Crippen LogP contribution in [0, 0.1) is 0 Å². The predicted molar refractivity (Wildman–Crippen MR) is 121 cm³/mol. The Bertz CT molecular complexity index is 1140. The number of anilines is 1. The Labute approximate surface area is 185 Å². The highest BCUT2D eigenvalue weighted by atomic mass is 35.5. The molecule has 5 nitrogen and oxygen atoms in total. The van der Waals surface area contributed by atoms with E-state index in [1.165, 1.54) is 6.08 Å². The van der Waals surface area contributed by atoms with Gasteiger partial charge in [0.25, 0.3) is 5.91 Å². The molecule has 0 fully saturated rings. The third kappa shape index (κ3) is 5.32. The van der Waals surface area contributed by atoms with Crippen LogP contribution in [0.25, 0.3) is 6.08 Å². The van der Waals surface area contributed by atoms with Gasteiger partial charge in [-0.05, 0) is 66.2 Å². The van der Waals surface area contributed by atoms with Crippen LogP contribution in [-0.2, 0) is 0 Å². The second kappa shape index (κ2) is 9.49. The summed E-state index contributed by atoms with van der Waals surface area (Å²) in [5.74, 6) is 0.859. The largest absolute Gasteiger partial charge is 0.490 e. The van der Waals surface area contributed by atoms with Crippen molar-refractivity contribution in [1.29, 1.82) is 0 Å².